The Morgan fingerprint density at radius 1 is 1.11 bits per heavy atom. The van der Waals surface area contributed by atoms with E-state index in [-0.39, 0.29) is 5.91 Å². The van der Waals surface area contributed by atoms with Crippen LogP contribution < -0.4 is 14.8 Å². The van der Waals surface area contributed by atoms with E-state index in [4.69, 9.17) is 25.6 Å². The summed E-state index contributed by atoms with van der Waals surface area (Å²) in [7, 11) is 3.12. The van der Waals surface area contributed by atoms with E-state index >= 15 is 0 Å². The number of nitrogens with zero attached hydrogens (tertiary/aromatic N) is 2. The number of benzene rings is 2. The maximum atomic E-state index is 12.3. The first kappa shape index (κ1) is 18.7. The Hall–Kier alpha value is -3.06. The Balaban J connectivity index is 1.75. The van der Waals surface area contributed by atoms with E-state index in [2.05, 4.69) is 15.5 Å². The fourth-order valence-electron chi connectivity index (χ4n) is 2.45. The fraction of sp³-hybridized carbons (Fsp3) is 0.211. The first-order valence-corrected chi connectivity index (χ1v) is 8.52. The fourth-order valence-corrected chi connectivity index (χ4v) is 2.57. The molecule has 0 saturated carbocycles. The summed E-state index contributed by atoms with van der Waals surface area (Å²) >= 11 is 5.84. The van der Waals surface area contributed by atoms with Gasteiger partial charge in [0, 0.05) is 16.1 Å². The lowest BCUT2D eigenvalue weighted by molar-refractivity contribution is 0.0932. The summed E-state index contributed by atoms with van der Waals surface area (Å²) in [5.41, 5.74) is 1.20. The quantitative estimate of drug-likeness (QED) is 0.690. The standard InChI is InChI=1S/C19H18ClN3O4/c1-11(21-18(24)12-4-7-14(20)8-5-12)19-22-17(23-27-19)13-6-9-15(25-2)16(10-13)26-3/h4-11H,1-3H3,(H,21,24). The maximum Gasteiger partial charge on any atom is 0.251 e. The third-order valence-corrected chi connectivity index (χ3v) is 4.16. The van der Waals surface area contributed by atoms with Gasteiger partial charge in [-0.1, -0.05) is 16.8 Å². The lowest BCUT2D eigenvalue weighted by Gasteiger charge is -2.09. The van der Waals surface area contributed by atoms with Gasteiger partial charge >= 0.3 is 0 Å². The summed E-state index contributed by atoms with van der Waals surface area (Å²) in [6.45, 7) is 1.76. The third-order valence-electron chi connectivity index (χ3n) is 3.91. The van der Waals surface area contributed by atoms with Crippen LogP contribution in [-0.4, -0.2) is 30.3 Å². The molecule has 140 valence electrons. The van der Waals surface area contributed by atoms with Gasteiger partial charge in [-0.15, -0.1) is 0 Å². The highest BCUT2D eigenvalue weighted by Gasteiger charge is 2.19. The number of methoxy groups -OCH3 is 2. The van der Waals surface area contributed by atoms with Crippen molar-refractivity contribution in [3.05, 3.63) is 58.9 Å². The van der Waals surface area contributed by atoms with Gasteiger partial charge in [0.1, 0.15) is 6.04 Å². The van der Waals surface area contributed by atoms with Crippen LogP contribution in [0.1, 0.15) is 29.2 Å². The Labute approximate surface area is 161 Å². The molecule has 0 aliphatic heterocycles. The minimum absolute atomic E-state index is 0.259. The van der Waals surface area contributed by atoms with Crippen LogP contribution in [0, 0.1) is 0 Å². The van der Waals surface area contributed by atoms with Crippen LogP contribution in [0.25, 0.3) is 11.4 Å². The van der Waals surface area contributed by atoms with Crippen LogP contribution in [0.2, 0.25) is 5.02 Å². The number of halogens is 1. The van der Waals surface area contributed by atoms with E-state index in [1.807, 2.05) is 0 Å². The van der Waals surface area contributed by atoms with E-state index in [9.17, 15) is 4.79 Å². The van der Waals surface area contributed by atoms with Gasteiger partial charge in [0.05, 0.1) is 14.2 Å². The first-order chi connectivity index (χ1) is 13.0. The largest absolute Gasteiger partial charge is 0.493 e. The molecule has 1 unspecified atom stereocenters. The number of aromatic nitrogens is 2. The van der Waals surface area contributed by atoms with E-state index in [1.54, 1.807) is 63.6 Å². The average Bonchev–Trinajstić information content (AvgIpc) is 3.18. The Morgan fingerprint density at radius 2 is 1.81 bits per heavy atom. The molecule has 1 aromatic heterocycles. The number of carbonyl (C=O) groups excluding carboxylic acids is 1. The van der Waals surface area contributed by atoms with Crippen LogP contribution >= 0.6 is 11.6 Å². The van der Waals surface area contributed by atoms with Gasteiger partial charge in [0.2, 0.25) is 11.7 Å². The van der Waals surface area contributed by atoms with Crippen molar-refractivity contribution in [3.8, 4) is 22.9 Å². The molecule has 2 aromatic carbocycles. The molecule has 3 aromatic rings. The number of nitrogens with one attached hydrogen (secondary N) is 1. The van der Waals surface area contributed by atoms with Gasteiger partial charge in [0.25, 0.3) is 5.91 Å². The van der Waals surface area contributed by atoms with Crippen molar-refractivity contribution in [2.75, 3.05) is 14.2 Å². The molecule has 0 aliphatic rings. The second kappa shape index (κ2) is 8.09. The van der Waals surface area contributed by atoms with Crippen molar-refractivity contribution >= 4 is 17.5 Å². The molecule has 1 amide bonds. The zero-order valence-electron chi connectivity index (χ0n) is 15.0. The van der Waals surface area contributed by atoms with E-state index in [1.165, 1.54) is 0 Å². The van der Waals surface area contributed by atoms with Gasteiger partial charge in [0.15, 0.2) is 11.5 Å². The predicted molar refractivity (Wildman–Crippen MR) is 100 cm³/mol. The lowest BCUT2D eigenvalue weighted by Crippen LogP contribution is -2.26. The first-order valence-electron chi connectivity index (χ1n) is 8.14. The molecule has 0 spiro atoms. The van der Waals surface area contributed by atoms with Crippen molar-refractivity contribution in [2.45, 2.75) is 13.0 Å². The second-order valence-electron chi connectivity index (χ2n) is 5.73. The zero-order chi connectivity index (χ0) is 19.4. The van der Waals surface area contributed by atoms with Crippen molar-refractivity contribution in [3.63, 3.8) is 0 Å². The molecule has 0 bridgehead atoms. The SMILES string of the molecule is COc1ccc(-c2noc(C(C)NC(=O)c3ccc(Cl)cc3)n2)cc1OC. The number of carbonyl (C=O) groups is 1. The second-order valence-corrected chi connectivity index (χ2v) is 6.16. The highest BCUT2D eigenvalue weighted by molar-refractivity contribution is 6.30. The number of hydrogen-bond acceptors (Lipinski definition) is 6. The summed E-state index contributed by atoms with van der Waals surface area (Å²) < 4.78 is 15.8. The normalized spacial score (nSPS) is 11.7. The highest BCUT2D eigenvalue weighted by atomic mass is 35.5. The van der Waals surface area contributed by atoms with Crippen LogP contribution in [0.5, 0.6) is 11.5 Å². The van der Waals surface area contributed by atoms with Gasteiger partial charge in [-0.05, 0) is 49.4 Å². The van der Waals surface area contributed by atoms with Gasteiger partial charge in [-0.25, -0.2) is 0 Å². The molecule has 27 heavy (non-hydrogen) atoms. The van der Waals surface area contributed by atoms with Crippen LogP contribution in [0.15, 0.2) is 47.0 Å². The van der Waals surface area contributed by atoms with Crippen molar-refractivity contribution in [1.29, 1.82) is 0 Å². The molecule has 0 aliphatic carbocycles. The number of rotatable bonds is 6. The molecule has 0 radical (unpaired) electrons. The molecular weight excluding hydrogens is 370 g/mol. The molecule has 3 rings (SSSR count). The van der Waals surface area contributed by atoms with Gasteiger partial charge in [-0.3, -0.25) is 4.79 Å². The minimum Gasteiger partial charge on any atom is -0.493 e. The van der Waals surface area contributed by atoms with Crippen molar-refractivity contribution in [2.24, 2.45) is 0 Å². The average molecular weight is 388 g/mol. The smallest absolute Gasteiger partial charge is 0.251 e. The number of amides is 1. The van der Waals surface area contributed by atoms with E-state index in [0.717, 1.165) is 0 Å². The summed E-state index contributed by atoms with van der Waals surface area (Å²) in [5.74, 6) is 1.59. The number of hydrogen-bond donors (Lipinski definition) is 1. The van der Waals surface area contributed by atoms with Crippen molar-refractivity contribution < 1.29 is 18.8 Å². The molecule has 7 nitrogen and oxygen atoms in total. The topological polar surface area (TPSA) is 86.5 Å². The van der Waals surface area contributed by atoms with E-state index < -0.39 is 6.04 Å². The van der Waals surface area contributed by atoms with Gasteiger partial charge < -0.3 is 19.3 Å². The summed E-state index contributed by atoms with van der Waals surface area (Å²) in [6, 6.07) is 11.5. The van der Waals surface area contributed by atoms with Crippen LogP contribution in [0.3, 0.4) is 0 Å². The Kier molecular flexibility index (Phi) is 5.61. The Bertz CT molecular complexity index is 940. The molecule has 1 N–H and O–H groups in total. The summed E-state index contributed by atoms with van der Waals surface area (Å²) in [6.07, 6.45) is 0. The summed E-state index contributed by atoms with van der Waals surface area (Å²) in [5, 5.41) is 7.36. The van der Waals surface area contributed by atoms with Crippen LogP contribution in [0.4, 0.5) is 0 Å². The zero-order valence-corrected chi connectivity index (χ0v) is 15.8. The highest BCUT2D eigenvalue weighted by Crippen LogP contribution is 2.31. The molecule has 0 saturated heterocycles. The Morgan fingerprint density at radius 3 is 2.48 bits per heavy atom. The molecule has 1 heterocycles. The van der Waals surface area contributed by atoms with E-state index in [0.29, 0.717) is 39.4 Å². The van der Waals surface area contributed by atoms with Crippen molar-refractivity contribution in [1.82, 2.24) is 15.5 Å². The minimum atomic E-state index is -0.463. The number of ether oxygens (including phenoxy) is 2. The molecular formula is C19H18ClN3O4. The lowest BCUT2D eigenvalue weighted by atomic mass is 10.2. The van der Waals surface area contributed by atoms with Crippen LogP contribution in [-0.2, 0) is 0 Å². The molecule has 8 heteroatoms. The monoisotopic (exact) mass is 387 g/mol. The predicted octanol–water partition coefficient (Wildman–Crippen LogP) is 3.90. The maximum absolute atomic E-state index is 12.3. The third kappa shape index (κ3) is 4.20. The molecule has 1 atom stereocenters. The molecule has 0 fully saturated rings. The summed E-state index contributed by atoms with van der Waals surface area (Å²) in [4.78, 5) is 16.7. The van der Waals surface area contributed by atoms with Gasteiger partial charge in [-0.2, -0.15) is 4.98 Å².